The van der Waals surface area contributed by atoms with Crippen LogP contribution < -0.4 is 5.32 Å². The van der Waals surface area contributed by atoms with Crippen LogP contribution in [0.1, 0.15) is 55.7 Å². The average molecular weight is 427 g/mol. The minimum Gasteiger partial charge on any atom is -0.352 e. The Morgan fingerprint density at radius 3 is 2.40 bits per heavy atom. The summed E-state index contributed by atoms with van der Waals surface area (Å²) in [4.78, 5) is 27.9. The van der Waals surface area contributed by atoms with Crippen LogP contribution in [0.15, 0.2) is 48.5 Å². The first-order chi connectivity index (χ1) is 14.4. The molecule has 0 spiro atoms. The maximum atomic E-state index is 13.3. The third kappa shape index (κ3) is 6.09. The van der Waals surface area contributed by atoms with Gasteiger partial charge in [-0.15, -0.1) is 0 Å². The minimum atomic E-state index is -0.553. The fourth-order valence-corrected chi connectivity index (χ4v) is 4.15. The fraction of sp³-hybridized carbons (Fsp3) is 0.440. The van der Waals surface area contributed by atoms with Crippen molar-refractivity contribution < 1.29 is 9.59 Å². The summed E-state index contributed by atoms with van der Waals surface area (Å²) >= 11 is 6.27. The van der Waals surface area contributed by atoms with Gasteiger partial charge in [0.15, 0.2) is 0 Å². The summed E-state index contributed by atoms with van der Waals surface area (Å²) < 4.78 is 0. The summed E-state index contributed by atoms with van der Waals surface area (Å²) in [6.07, 6.45) is 5.74. The van der Waals surface area contributed by atoms with E-state index >= 15 is 0 Å². The number of carbonyl (C=O) groups is 2. The van der Waals surface area contributed by atoms with Crippen LogP contribution in [0.3, 0.4) is 0 Å². The molecule has 0 heterocycles. The van der Waals surface area contributed by atoms with Gasteiger partial charge in [0.2, 0.25) is 11.8 Å². The highest BCUT2D eigenvalue weighted by Crippen LogP contribution is 2.20. The molecule has 0 unspecified atom stereocenters. The molecular formula is C25H31ClN2O2. The monoisotopic (exact) mass is 426 g/mol. The van der Waals surface area contributed by atoms with E-state index in [0.29, 0.717) is 11.6 Å². The molecule has 4 nitrogen and oxygen atoms in total. The van der Waals surface area contributed by atoms with Crippen molar-refractivity contribution in [2.75, 3.05) is 0 Å². The molecule has 0 aliphatic heterocycles. The van der Waals surface area contributed by atoms with Crippen LogP contribution in [0.4, 0.5) is 0 Å². The van der Waals surface area contributed by atoms with E-state index < -0.39 is 6.04 Å². The Morgan fingerprint density at radius 2 is 1.73 bits per heavy atom. The zero-order valence-corrected chi connectivity index (χ0v) is 18.6. The summed E-state index contributed by atoms with van der Waals surface area (Å²) in [7, 11) is 0. The smallest absolute Gasteiger partial charge is 0.242 e. The number of aryl methyl sites for hydroxylation is 1. The van der Waals surface area contributed by atoms with Gasteiger partial charge in [-0.2, -0.15) is 0 Å². The van der Waals surface area contributed by atoms with Crippen molar-refractivity contribution in [1.82, 2.24) is 10.2 Å². The normalized spacial score (nSPS) is 15.4. The van der Waals surface area contributed by atoms with Crippen molar-refractivity contribution in [3.05, 3.63) is 70.2 Å². The maximum Gasteiger partial charge on any atom is 0.242 e. The number of amides is 2. The molecule has 1 atom stereocenters. The Morgan fingerprint density at radius 1 is 1.07 bits per heavy atom. The molecule has 0 aromatic heterocycles. The molecule has 2 aromatic rings. The fourth-order valence-electron chi connectivity index (χ4n) is 3.95. The lowest BCUT2D eigenvalue weighted by atomic mass is 9.95. The highest BCUT2D eigenvalue weighted by molar-refractivity contribution is 6.31. The van der Waals surface area contributed by atoms with Gasteiger partial charge in [0.05, 0.1) is 6.42 Å². The van der Waals surface area contributed by atoms with E-state index in [-0.39, 0.29) is 24.3 Å². The molecule has 1 aliphatic carbocycles. The highest BCUT2D eigenvalue weighted by Gasteiger charge is 2.28. The largest absolute Gasteiger partial charge is 0.352 e. The molecule has 1 saturated carbocycles. The number of hydrogen-bond donors (Lipinski definition) is 1. The van der Waals surface area contributed by atoms with E-state index in [2.05, 4.69) is 5.32 Å². The first-order valence-electron chi connectivity index (χ1n) is 10.8. The SMILES string of the molecule is Cc1ccc(CN(C(=O)Cc2ccccc2Cl)[C@H](C)C(=O)NC2CCCCC2)cc1. The second-order valence-electron chi connectivity index (χ2n) is 8.29. The van der Waals surface area contributed by atoms with Gasteiger partial charge in [-0.1, -0.05) is 78.9 Å². The van der Waals surface area contributed by atoms with Gasteiger partial charge in [0, 0.05) is 17.6 Å². The van der Waals surface area contributed by atoms with E-state index in [4.69, 9.17) is 11.6 Å². The Hall–Kier alpha value is -2.33. The third-order valence-corrected chi connectivity index (χ3v) is 6.26. The van der Waals surface area contributed by atoms with Crippen molar-refractivity contribution in [1.29, 1.82) is 0 Å². The number of benzene rings is 2. The minimum absolute atomic E-state index is 0.0819. The summed E-state index contributed by atoms with van der Waals surface area (Å²) in [5, 5.41) is 3.74. The molecule has 0 saturated heterocycles. The molecule has 2 aromatic carbocycles. The lowest BCUT2D eigenvalue weighted by molar-refractivity contribution is -0.140. The zero-order valence-electron chi connectivity index (χ0n) is 17.9. The van der Waals surface area contributed by atoms with Crippen LogP contribution in [0.5, 0.6) is 0 Å². The second kappa shape index (κ2) is 10.6. The van der Waals surface area contributed by atoms with Crippen molar-refractivity contribution >= 4 is 23.4 Å². The molecular weight excluding hydrogens is 396 g/mol. The molecule has 2 amide bonds. The van der Waals surface area contributed by atoms with Crippen LogP contribution in [-0.4, -0.2) is 28.8 Å². The van der Waals surface area contributed by atoms with Crippen molar-refractivity contribution in [2.24, 2.45) is 0 Å². The molecule has 0 radical (unpaired) electrons. The van der Waals surface area contributed by atoms with Gasteiger partial charge in [-0.25, -0.2) is 0 Å². The second-order valence-corrected chi connectivity index (χ2v) is 8.70. The van der Waals surface area contributed by atoms with Crippen LogP contribution in [0, 0.1) is 6.92 Å². The molecule has 1 N–H and O–H groups in total. The predicted octanol–water partition coefficient (Wildman–Crippen LogP) is 5.06. The van der Waals surface area contributed by atoms with E-state index in [9.17, 15) is 9.59 Å². The summed E-state index contributed by atoms with van der Waals surface area (Å²) in [5.74, 6) is -0.184. The molecule has 1 fully saturated rings. The predicted molar refractivity (Wildman–Crippen MR) is 121 cm³/mol. The van der Waals surface area contributed by atoms with Crippen molar-refractivity contribution in [3.63, 3.8) is 0 Å². The number of nitrogens with zero attached hydrogens (tertiary/aromatic N) is 1. The van der Waals surface area contributed by atoms with E-state index in [1.165, 1.54) is 6.42 Å². The Bertz CT molecular complexity index is 860. The van der Waals surface area contributed by atoms with Gasteiger partial charge < -0.3 is 10.2 Å². The highest BCUT2D eigenvalue weighted by atomic mass is 35.5. The maximum absolute atomic E-state index is 13.3. The quantitative estimate of drug-likeness (QED) is 0.672. The van der Waals surface area contributed by atoms with Gasteiger partial charge in [-0.3, -0.25) is 9.59 Å². The van der Waals surface area contributed by atoms with Crippen molar-refractivity contribution in [3.8, 4) is 0 Å². The standard InChI is InChI=1S/C25H31ClN2O2/c1-18-12-14-20(15-13-18)17-28(24(29)16-21-8-6-7-11-23(21)26)19(2)25(30)27-22-9-4-3-5-10-22/h6-8,11-15,19,22H,3-5,9-10,16-17H2,1-2H3,(H,27,30)/t19-/m1/s1. The molecule has 30 heavy (non-hydrogen) atoms. The number of hydrogen-bond acceptors (Lipinski definition) is 2. The van der Waals surface area contributed by atoms with Gasteiger partial charge >= 0.3 is 0 Å². The van der Waals surface area contributed by atoms with Gasteiger partial charge in [-0.05, 0) is 43.9 Å². The van der Waals surface area contributed by atoms with Gasteiger partial charge in [0.25, 0.3) is 0 Å². The van der Waals surface area contributed by atoms with Gasteiger partial charge in [0.1, 0.15) is 6.04 Å². The van der Waals surface area contributed by atoms with Crippen molar-refractivity contribution in [2.45, 2.75) is 71.0 Å². The van der Waals surface area contributed by atoms with E-state index in [0.717, 1.165) is 42.4 Å². The first kappa shape index (κ1) is 22.4. The van der Waals surface area contributed by atoms with Crippen LogP contribution in [-0.2, 0) is 22.6 Å². The zero-order chi connectivity index (χ0) is 21.5. The molecule has 160 valence electrons. The first-order valence-corrected chi connectivity index (χ1v) is 11.2. The number of rotatable bonds is 7. The van der Waals surface area contributed by atoms with Crippen LogP contribution >= 0.6 is 11.6 Å². The third-order valence-electron chi connectivity index (χ3n) is 5.89. The Balaban J connectivity index is 1.76. The summed E-state index contributed by atoms with van der Waals surface area (Å²) in [5.41, 5.74) is 2.94. The summed E-state index contributed by atoms with van der Waals surface area (Å²) in [6.45, 7) is 4.24. The number of halogens is 1. The number of carbonyl (C=O) groups excluding carboxylic acids is 2. The molecule has 0 bridgehead atoms. The molecule has 1 aliphatic rings. The average Bonchev–Trinajstić information content (AvgIpc) is 2.75. The Labute approximate surface area is 184 Å². The van der Waals surface area contributed by atoms with Crippen LogP contribution in [0.2, 0.25) is 5.02 Å². The lowest BCUT2D eigenvalue weighted by Crippen LogP contribution is -2.50. The Kier molecular flexibility index (Phi) is 7.92. The molecule has 5 heteroatoms. The summed E-state index contributed by atoms with van der Waals surface area (Å²) in [6, 6.07) is 15.1. The van der Waals surface area contributed by atoms with E-state index in [1.54, 1.807) is 11.0 Å². The van der Waals surface area contributed by atoms with E-state index in [1.807, 2.05) is 56.3 Å². The molecule has 3 rings (SSSR count). The topological polar surface area (TPSA) is 49.4 Å². The van der Waals surface area contributed by atoms with Crippen LogP contribution in [0.25, 0.3) is 0 Å². The lowest BCUT2D eigenvalue weighted by Gasteiger charge is -2.31. The number of nitrogens with one attached hydrogen (secondary N) is 1.